The summed E-state index contributed by atoms with van der Waals surface area (Å²) in [5, 5.41) is 5.04. The Kier molecular flexibility index (Phi) is 5.78. The van der Waals surface area contributed by atoms with Crippen molar-refractivity contribution < 1.29 is 18.4 Å². The van der Waals surface area contributed by atoms with Gasteiger partial charge >= 0.3 is 0 Å². The van der Waals surface area contributed by atoms with E-state index in [1.54, 1.807) is 16.7 Å². The van der Waals surface area contributed by atoms with Crippen molar-refractivity contribution >= 4 is 46.2 Å². The summed E-state index contributed by atoms with van der Waals surface area (Å²) in [6.07, 6.45) is 3.61. The molecule has 1 aliphatic rings. The normalized spacial score (nSPS) is 20.8. The van der Waals surface area contributed by atoms with Crippen LogP contribution in [0, 0.1) is 6.92 Å². The highest BCUT2D eigenvalue weighted by Crippen LogP contribution is 2.39. The summed E-state index contributed by atoms with van der Waals surface area (Å²) >= 11 is 19.2. The van der Waals surface area contributed by atoms with E-state index in [1.807, 2.05) is 19.2 Å². The Morgan fingerprint density at radius 3 is 2.71 bits per heavy atom. The SMILES string of the molecule is Cc1cc(Cl)c2nc(-c3nc(-c4cc(Cl)c(OC5CCC(=O)C(C)(F)C5)cc4Cl)no3)cn2c1. The zero-order valence-electron chi connectivity index (χ0n) is 18.1. The number of nitrogens with zero attached hydrogens (tertiary/aromatic N) is 4. The van der Waals surface area contributed by atoms with Crippen molar-refractivity contribution in [2.45, 2.75) is 44.9 Å². The molecule has 5 rings (SSSR count). The molecule has 2 atom stereocenters. The van der Waals surface area contributed by atoms with Crippen LogP contribution in [0.3, 0.4) is 0 Å². The molecule has 1 fully saturated rings. The number of halogens is 4. The molecule has 7 nitrogen and oxygen atoms in total. The Hall–Kier alpha value is -2.68. The van der Waals surface area contributed by atoms with Crippen molar-refractivity contribution in [2.24, 2.45) is 0 Å². The Labute approximate surface area is 208 Å². The second kappa shape index (κ2) is 8.52. The molecule has 4 aromatic rings. The van der Waals surface area contributed by atoms with Crippen molar-refractivity contribution in [2.75, 3.05) is 0 Å². The van der Waals surface area contributed by atoms with Crippen molar-refractivity contribution in [1.82, 2.24) is 19.5 Å². The highest BCUT2D eigenvalue weighted by Gasteiger charge is 2.40. The number of alkyl halides is 1. The van der Waals surface area contributed by atoms with Gasteiger partial charge in [0.1, 0.15) is 17.5 Å². The second-order valence-corrected chi connectivity index (χ2v) is 9.73. The molecule has 2 unspecified atom stereocenters. The number of ether oxygens (including phenoxy) is 1. The van der Waals surface area contributed by atoms with E-state index in [2.05, 4.69) is 15.1 Å². The lowest BCUT2D eigenvalue weighted by Crippen LogP contribution is -2.41. The molecule has 0 aliphatic heterocycles. The third kappa shape index (κ3) is 4.26. The molecule has 0 N–H and O–H groups in total. The summed E-state index contributed by atoms with van der Waals surface area (Å²) in [5.74, 6) is 0.281. The summed E-state index contributed by atoms with van der Waals surface area (Å²) in [6, 6.07) is 4.90. The molecule has 11 heteroatoms. The molecule has 3 aromatic heterocycles. The monoisotopic (exact) mass is 522 g/mol. The summed E-state index contributed by atoms with van der Waals surface area (Å²) in [4.78, 5) is 20.6. The highest BCUT2D eigenvalue weighted by atomic mass is 35.5. The van der Waals surface area contributed by atoms with Gasteiger partial charge in [0.2, 0.25) is 5.82 Å². The van der Waals surface area contributed by atoms with Crippen molar-refractivity contribution in [3.8, 4) is 28.7 Å². The van der Waals surface area contributed by atoms with Crippen LogP contribution < -0.4 is 4.74 Å². The Morgan fingerprint density at radius 1 is 1.15 bits per heavy atom. The van der Waals surface area contributed by atoms with E-state index in [0.29, 0.717) is 34.1 Å². The van der Waals surface area contributed by atoms with Gasteiger partial charge in [0, 0.05) is 36.9 Å². The van der Waals surface area contributed by atoms with Gasteiger partial charge in [-0.25, -0.2) is 9.37 Å². The maximum Gasteiger partial charge on any atom is 0.278 e. The second-order valence-electron chi connectivity index (χ2n) is 8.51. The van der Waals surface area contributed by atoms with E-state index in [0.717, 1.165) is 5.56 Å². The minimum Gasteiger partial charge on any atom is -0.489 e. The van der Waals surface area contributed by atoms with Gasteiger partial charge in [-0.1, -0.05) is 40.0 Å². The number of pyridine rings is 1. The first-order valence-electron chi connectivity index (χ1n) is 10.5. The maximum atomic E-state index is 14.4. The van der Waals surface area contributed by atoms with Crippen LogP contribution in [0.4, 0.5) is 4.39 Å². The number of fused-ring (bicyclic) bond motifs is 1. The predicted octanol–water partition coefficient (Wildman–Crippen LogP) is 6.55. The molecule has 0 spiro atoms. The summed E-state index contributed by atoms with van der Waals surface area (Å²) in [5.41, 5.74) is 0.516. The van der Waals surface area contributed by atoms with E-state index >= 15 is 0 Å². The van der Waals surface area contributed by atoms with E-state index in [1.165, 1.54) is 13.0 Å². The largest absolute Gasteiger partial charge is 0.489 e. The fourth-order valence-corrected chi connectivity index (χ4v) is 4.75. The third-order valence-corrected chi connectivity index (χ3v) is 6.62. The van der Waals surface area contributed by atoms with Gasteiger partial charge in [-0.3, -0.25) is 4.79 Å². The quantitative estimate of drug-likeness (QED) is 0.302. The Morgan fingerprint density at radius 2 is 1.94 bits per heavy atom. The number of imidazole rings is 1. The summed E-state index contributed by atoms with van der Waals surface area (Å²) < 4.78 is 27.5. The smallest absolute Gasteiger partial charge is 0.278 e. The van der Waals surface area contributed by atoms with Crippen LogP contribution >= 0.6 is 34.8 Å². The molecule has 0 amide bonds. The average Bonchev–Trinajstić information content (AvgIpc) is 3.40. The fraction of sp³-hybridized carbons (Fsp3) is 0.304. The minimum absolute atomic E-state index is 0.0434. The molecule has 0 saturated heterocycles. The summed E-state index contributed by atoms with van der Waals surface area (Å²) in [6.45, 7) is 3.20. The van der Waals surface area contributed by atoms with Crippen LogP contribution in [0.1, 0.15) is 31.7 Å². The lowest BCUT2D eigenvalue weighted by molar-refractivity contribution is -0.135. The van der Waals surface area contributed by atoms with E-state index in [4.69, 9.17) is 44.1 Å². The third-order valence-electron chi connectivity index (χ3n) is 5.73. The maximum absolute atomic E-state index is 14.4. The van der Waals surface area contributed by atoms with Crippen LogP contribution in [0.15, 0.2) is 35.1 Å². The first kappa shape index (κ1) is 23.1. The number of aryl methyl sites for hydroxylation is 1. The first-order valence-corrected chi connectivity index (χ1v) is 11.6. The van der Waals surface area contributed by atoms with Gasteiger partial charge in [-0.2, -0.15) is 4.98 Å². The molecule has 1 aromatic carbocycles. The zero-order chi connectivity index (χ0) is 24.2. The van der Waals surface area contributed by atoms with Gasteiger partial charge < -0.3 is 13.7 Å². The van der Waals surface area contributed by atoms with Crippen LogP contribution in [0.2, 0.25) is 15.1 Å². The van der Waals surface area contributed by atoms with Crippen molar-refractivity contribution in [1.29, 1.82) is 0 Å². The summed E-state index contributed by atoms with van der Waals surface area (Å²) in [7, 11) is 0. The molecular formula is C23H18Cl3FN4O3. The number of aromatic nitrogens is 4. The van der Waals surface area contributed by atoms with Gasteiger partial charge in [0.25, 0.3) is 5.89 Å². The van der Waals surface area contributed by atoms with Crippen LogP contribution in [0.5, 0.6) is 5.75 Å². The number of ketones is 1. The Bertz CT molecular complexity index is 1430. The van der Waals surface area contributed by atoms with Crippen molar-refractivity contribution in [3.05, 3.63) is 51.2 Å². The van der Waals surface area contributed by atoms with E-state index in [9.17, 15) is 9.18 Å². The standard InChI is InChI=1S/C23H18Cl3FN4O3/c1-11-5-16(26)21-28-17(10-31(21)9-11)22-29-20(30-34-22)13-6-15(25)18(7-14(13)24)33-12-3-4-19(32)23(2,27)8-12/h5-7,9-10,12H,3-4,8H2,1-2H3. The van der Waals surface area contributed by atoms with Gasteiger partial charge in [-0.05, 0) is 38.0 Å². The molecule has 34 heavy (non-hydrogen) atoms. The number of carbonyl (C=O) groups is 1. The van der Waals surface area contributed by atoms with Crippen LogP contribution in [0.25, 0.3) is 28.6 Å². The zero-order valence-corrected chi connectivity index (χ0v) is 20.4. The molecule has 1 saturated carbocycles. The number of rotatable bonds is 4. The molecule has 176 valence electrons. The van der Waals surface area contributed by atoms with Gasteiger partial charge in [-0.15, -0.1) is 0 Å². The number of carbonyl (C=O) groups excluding carboxylic acids is 1. The molecular weight excluding hydrogens is 506 g/mol. The predicted molar refractivity (Wildman–Crippen MR) is 126 cm³/mol. The number of Topliss-reactive ketones (excluding diaryl/α,β-unsaturated/α-hetero) is 1. The first-order chi connectivity index (χ1) is 16.1. The number of hydrogen-bond acceptors (Lipinski definition) is 6. The molecule has 0 radical (unpaired) electrons. The van der Waals surface area contributed by atoms with Crippen LogP contribution in [-0.2, 0) is 4.79 Å². The number of hydrogen-bond donors (Lipinski definition) is 0. The van der Waals surface area contributed by atoms with E-state index < -0.39 is 17.6 Å². The number of benzene rings is 1. The van der Waals surface area contributed by atoms with Gasteiger partial charge in [0.05, 0.1) is 15.1 Å². The minimum atomic E-state index is -1.92. The van der Waals surface area contributed by atoms with Crippen molar-refractivity contribution in [3.63, 3.8) is 0 Å². The average molecular weight is 524 g/mol. The van der Waals surface area contributed by atoms with Crippen LogP contribution in [-0.4, -0.2) is 37.1 Å². The highest BCUT2D eigenvalue weighted by molar-refractivity contribution is 6.36. The lowest BCUT2D eigenvalue weighted by atomic mass is 9.85. The fourth-order valence-electron chi connectivity index (χ4n) is 4.00. The molecule has 0 bridgehead atoms. The topological polar surface area (TPSA) is 82.5 Å². The molecule has 1 aliphatic carbocycles. The van der Waals surface area contributed by atoms with E-state index in [-0.39, 0.29) is 34.6 Å². The van der Waals surface area contributed by atoms with Gasteiger partial charge in [0.15, 0.2) is 17.1 Å². The Balaban J connectivity index is 1.41. The lowest BCUT2D eigenvalue weighted by Gasteiger charge is -2.31. The molecule has 3 heterocycles.